The number of fused-ring (bicyclic) bond motifs is 1. The molecular weight excluding hydrogens is 462 g/mol. The number of carbonyl (C=O) groups is 1. The monoisotopic (exact) mass is 482 g/mol. The Hall–Kier alpha value is -4.59. The zero-order chi connectivity index (χ0) is 25.4. The lowest BCUT2D eigenvalue weighted by atomic mass is 9.95. The SMILES string of the molecule is Cc1ccc(C(=O)Cc2ccncc2)cc1-c1cc2cnnc(-c3ccc(F)cc3F)c2n(C)c1=O. The molecule has 0 unspecified atom stereocenters. The number of pyridine rings is 2. The van der Waals surface area contributed by atoms with E-state index in [9.17, 15) is 18.4 Å². The number of aromatic nitrogens is 4. The third kappa shape index (κ3) is 4.17. The smallest absolute Gasteiger partial charge is 0.258 e. The number of nitrogens with zero attached hydrogens (tertiary/aromatic N) is 4. The Morgan fingerprint density at radius 2 is 1.72 bits per heavy atom. The maximum atomic E-state index is 14.5. The van der Waals surface area contributed by atoms with Crippen molar-refractivity contribution in [1.29, 1.82) is 0 Å². The molecule has 178 valence electrons. The number of hydrogen-bond acceptors (Lipinski definition) is 5. The highest BCUT2D eigenvalue weighted by molar-refractivity contribution is 5.99. The van der Waals surface area contributed by atoms with E-state index in [2.05, 4.69) is 15.2 Å². The second-order valence-electron chi connectivity index (χ2n) is 8.53. The van der Waals surface area contributed by atoms with Crippen LogP contribution in [0, 0.1) is 18.6 Å². The van der Waals surface area contributed by atoms with E-state index in [-0.39, 0.29) is 29.0 Å². The molecule has 8 heteroatoms. The topological polar surface area (TPSA) is 77.7 Å². The molecule has 5 aromatic rings. The van der Waals surface area contributed by atoms with Gasteiger partial charge in [0, 0.05) is 54.0 Å². The molecule has 0 amide bonds. The van der Waals surface area contributed by atoms with Crippen LogP contribution in [0.15, 0.2) is 78.0 Å². The maximum Gasteiger partial charge on any atom is 0.258 e. The molecule has 36 heavy (non-hydrogen) atoms. The van der Waals surface area contributed by atoms with Gasteiger partial charge in [0.15, 0.2) is 5.78 Å². The van der Waals surface area contributed by atoms with Crippen LogP contribution in [-0.2, 0) is 13.5 Å². The zero-order valence-electron chi connectivity index (χ0n) is 19.5. The molecule has 0 aliphatic heterocycles. The van der Waals surface area contributed by atoms with E-state index >= 15 is 0 Å². The van der Waals surface area contributed by atoms with Crippen molar-refractivity contribution >= 4 is 16.7 Å². The highest BCUT2D eigenvalue weighted by atomic mass is 19.1. The van der Waals surface area contributed by atoms with Gasteiger partial charge in [0.25, 0.3) is 5.56 Å². The van der Waals surface area contributed by atoms with Crippen LogP contribution >= 0.6 is 0 Å². The summed E-state index contributed by atoms with van der Waals surface area (Å²) in [5.41, 5.74) is 3.33. The first-order chi connectivity index (χ1) is 17.3. The number of ketones is 1. The van der Waals surface area contributed by atoms with Crippen molar-refractivity contribution < 1.29 is 13.6 Å². The minimum atomic E-state index is -0.801. The first kappa shape index (κ1) is 23.2. The Bertz CT molecular complexity index is 1700. The van der Waals surface area contributed by atoms with Crippen molar-refractivity contribution in [3.8, 4) is 22.4 Å². The summed E-state index contributed by atoms with van der Waals surface area (Å²) in [6, 6.07) is 13.7. The van der Waals surface area contributed by atoms with E-state index in [0.29, 0.717) is 27.6 Å². The fourth-order valence-corrected chi connectivity index (χ4v) is 4.28. The average molecular weight is 482 g/mol. The molecule has 3 aromatic heterocycles. The first-order valence-corrected chi connectivity index (χ1v) is 11.2. The molecule has 6 nitrogen and oxygen atoms in total. The summed E-state index contributed by atoms with van der Waals surface area (Å²) in [4.78, 5) is 30.4. The zero-order valence-corrected chi connectivity index (χ0v) is 19.5. The summed E-state index contributed by atoms with van der Waals surface area (Å²) in [5, 5.41) is 8.58. The molecule has 5 rings (SSSR count). The van der Waals surface area contributed by atoms with Gasteiger partial charge in [-0.05, 0) is 60.0 Å². The molecule has 0 spiro atoms. The molecule has 0 radical (unpaired) electrons. The van der Waals surface area contributed by atoms with Gasteiger partial charge in [0.1, 0.15) is 17.3 Å². The summed E-state index contributed by atoms with van der Waals surface area (Å²) in [7, 11) is 1.56. The number of halogens is 2. The van der Waals surface area contributed by atoms with E-state index in [4.69, 9.17) is 0 Å². The number of Topliss-reactive ketones (excluding diaryl/α,β-unsaturated/α-hetero) is 1. The average Bonchev–Trinajstić information content (AvgIpc) is 2.87. The Morgan fingerprint density at radius 3 is 2.47 bits per heavy atom. The van der Waals surface area contributed by atoms with E-state index in [1.807, 2.05) is 13.0 Å². The maximum absolute atomic E-state index is 14.5. The van der Waals surface area contributed by atoms with E-state index < -0.39 is 11.6 Å². The van der Waals surface area contributed by atoms with Crippen molar-refractivity contribution in [2.45, 2.75) is 13.3 Å². The van der Waals surface area contributed by atoms with Gasteiger partial charge in [-0.3, -0.25) is 14.6 Å². The largest absolute Gasteiger partial charge is 0.309 e. The molecule has 3 heterocycles. The third-order valence-corrected chi connectivity index (χ3v) is 6.17. The predicted octanol–water partition coefficient (Wildman–Crippen LogP) is 5.07. The Labute approximate surface area is 204 Å². The van der Waals surface area contributed by atoms with Crippen molar-refractivity contribution in [3.63, 3.8) is 0 Å². The van der Waals surface area contributed by atoms with Gasteiger partial charge in [-0.1, -0.05) is 12.1 Å². The highest BCUT2D eigenvalue weighted by Crippen LogP contribution is 2.30. The van der Waals surface area contributed by atoms with Crippen LogP contribution in [0.2, 0.25) is 0 Å². The number of hydrogen-bond donors (Lipinski definition) is 0. The van der Waals surface area contributed by atoms with Gasteiger partial charge in [-0.2, -0.15) is 5.10 Å². The van der Waals surface area contributed by atoms with Crippen molar-refractivity contribution in [1.82, 2.24) is 19.7 Å². The normalized spacial score (nSPS) is 11.1. The predicted molar refractivity (Wildman–Crippen MR) is 133 cm³/mol. The van der Waals surface area contributed by atoms with Crippen LogP contribution in [-0.4, -0.2) is 25.5 Å². The second-order valence-corrected chi connectivity index (χ2v) is 8.53. The molecule has 2 aromatic carbocycles. The lowest BCUT2D eigenvalue weighted by Gasteiger charge is -2.14. The van der Waals surface area contributed by atoms with Gasteiger partial charge >= 0.3 is 0 Å². The van der Waals surface area contributed by atoms with Crippen molar-refractivity contribution in [2.24, 2.45) is 7.05 Å². The van der Waals surface area contributed by atoms with Gasteiger partial charge in [0.2, 0.25) is 0 Å². The molecule has 0 aliphatic rings. The summed E-state index contributed by atoms with van der Waals surface area (Å²) in [5.74, 6) is -1.60. The molecule has 0 saturated carbocycles. The molecule has 0 bridgehead atoms. The molecular formula is C28H20F2N4O2. The van der Waals surface area contributed by atoms with Crippen LogP contribution in [0.5, 0.6) is 0 Å². The molecule has 0 saturated heterocycles. The number of benzene rings is 2. The third-order valence-electron chi connectivity index (χ3n) is 6.17. The Kier molecular flexibility index (Phi) is 5.93. The Morgan fingerprint density at radius 1 is 0.944 bits per heavy atom. The molecule has 0 aliphatic carbocycles. The van der Waals surface area contributed by atoms with E-state index in [1.165, 1.54) is 16.8 Å². The fraction of sp³-hybridized carbons (Fsp3) is 0.107. The van der Waals surface area contributed by atoms with Crippen molar-refractivity contribution in [3.05, 3.63) is 112 Å². The number of rotatable bonds is 5. The molecule has 0 fully saturated rings. The van der Waals surface area contributed by atoms with Crippen LogP contribution < -0.4 is 5.56 Å². The van der Waals surface area contributed by atoms with Crippen LogP contribution in [0.3, 0.4) is 0 Å². The molecule has 0 N–H and O–H groups in total. The summed E-state index contributed by atoms with van der Waals surface area (Å²) in [6.45, 7) is 1.86. The number of aryl methyl sites for hydroxylation is 2. The lowest BCUT2D eigenvalue weighted by molar-refractivity contribution is 0.0993. The van der Waals surface area contributed by atoms with Gasteiger partial charge in [-0.25, -0.2) is 8.78 Å². The first-order valence-electron chi connectivity index (χ1n) is 11.2. The minimum absolute atomic E-state index is 0.0390. The standard InChI is InChI=1S/C28H20F2N4O2/c1-16-3-4-18(25(35)11-17-7-9-31-10-8-17)12-22(16)23-13-19-15-32-33-26(27(19)34(2)28(23)36)21-6-5-20(29)14-24(21)30/h3-10,12-15H,11H2,1-2H3. The highest BCUT2D eigenvalue weighted by Gasteiger charge is 2.19. The lowest BCUT2D eigenvalue weighted by Crippen LogP contribution is -2.20. The fourth-order valence-electron chi connectivity index (χ4n) is 4.28. The Balaban J connectivity index is 1.63. The minimum Gasteiger partial charge on any atom is -0.309 e. The quantitative estimate of drug-likeness (QED) is 0.327. The van der Waals surface area contributed by atoms with Crippen molar-refractivity contribution in [2.75, 3.05) is 0 Å². The van der Waals surface area contributed by atoms with E-state index in [1.54, 1.807) is 49.8 Å². The summed E-state index contributed by atoms with van der Waals surface area (Å²) < 4.78 is 29.4. The molecule has 0 atom stereocenters. The van der Waals surface area contributed by atoms with Crippen LogP contribution in [0.25, 0.3) is 33.3 Å². The van der Waals surface area contributed by atoms with Crippen LogP contribution in [0.1, 0.15) is 21.5 Å². The van der Waals surface area contributed by atoms with Crippen LogP contribution in [0.4, 0.5) is 8.78 Å². The summed E-state index contributed by atoms with van der Waals surface area (Å²) >= 11 is 0. The van der Waals surface area contributed by atoms with Gasteiger partial charge in [0.05, 0.1) is 11.7 Å². The second kappa shape index (κ2) is 9.22. The van der Waals surface area contributed by atoms with Gasteiger partial charge < -0.3 is 4.57 Å². The summed E-state index contributed by atoms with van der Waals surface area (Å²) in [6.07, 6.45) is 4.97. The van der Waals surface area contributed by atoms with Gasteiger partial charge in [-0.15, -0.1) is 5.10 Å². The number of carbonyl (C=O) groups excluding carboxylic acids is 1. The van der Waals surface area contributed by atoms with E-state index in [0.717, 1.165) is 23.3 Å².